The van der Waals surface area contributed by atoms with Crippen molar-refractivity contribution in [3.8, 4) is 0 Å². The van der Waals surface area contributed by atoms with E-state index in [4.69, 9.17) is 5.73 Å². The highest BCUT2D eigenvalue weighted by atomic mass is 35.5. The molecule has 2 aliphatic heterocycles. The monoisotopic (exact) mass is 428 g/mol. The van der Waals surface area contributed by atoms with Gasteiger partial charge in [-0.05, 0) is 55.8 Å². The van der Waals surface area contributed by atoms with Crippen LogP contribution in [0.4, 0.5) is 4.79 Å². The molecule has 1 saturated carbocycles. The molecular weight excluding hydrogens is 392 g/mol. The van der Waals surface area contributed by atoms with Gasteiger partial charge in [0.25, 0.3) is 5.91 Å². The Kier molecular flexibility index (Phi) is 7.26. The summed E-state index contributed by atoms with van der Waals surface area (Å²) in [5.74, 6) is 0.675. The van der Waals surface area contributed by atoms with Crippen molar-refractivity contribution in [1.82, 2.24) is 15.1 Å². The molecule has 3 N–H and O–H groups in total. The number of hydrogen-bond acceptors (Lipinski definition) is 4. The fourth-order valence-corrected chi connectivity index (χ4v) is 5.16. The standard InChI is InChI=1S/C21H36N4O3.ClH/c1-14-7-10-24(16(11-14)12-22)17(26)13-25-18(27)21(23-19(25)28)8-5-15(6-9-21)20(2,3)4;/h14-16H,5-13,22H2,1-4H3,(H,23,28);1H. The van der Waals surface area contributed by atoms with Crippen molar-refractivity contribution < 1.29 is 14.4 Å². The summed E-state index contributed by atoms with van der Waals surface area (Å²) in [5, 5.41) is 2.92. The van der Waals surface area contributed by atoms with Gasteiger partial charge in [-0.3, -0.25) is 14.5 Å². The van der Waals surface area contributed by atoms with Crippen molar-refractivity contribution in [2.45, 2.75) is 77.8 Å². The van der Waals surface area contributed by atoms with Crippen LogP contribution >= 0.6 is 12.4 Å². The predicted molar refractivity (Wildman–Crippen MR) is 115 cm³/mol. The number of imide groups is 1. The number of hydrogen-bond donors (Lipinski definition) is 2. The maximum atomic E-state index is 13.1. The summed E-state index contributed by atoms with van der Waals surface area (Å²) in [6.45, 7) is 9.72. The summed E-state index contributed by atoms with van der Waals surface area (Å²) in [6.07, 6.45) is 4.93. The lowest BCUT2D eigenvalue weighted by molar-refractivity contribution is -0.142. The van der Waals surface area contributed by atoms with E-state index in [1.807, 2.05) is 0 Å². The predicted octanol–water partition coefficient (Wildman–Crippen LogP) is 2.52. The first-order valence-corrected chi connectivity index (χ1v) is 10.7. The van der Waals surface area contributed by atoms with E-state index in [0.717, 1.165) is 30.6 Å². The second-order valence-electron chi connectivity index (χ2n) is 10.2. The number of likely N-dealkylation sites (tertiary alicyclic amines) is 1. The molecule has 0 radical (unpaired) electrons. The van der Waals surface area contributed by atoms with Crippen LogP contribution in [0.15, 0.2) is 0 Å². The number of carbonyl (C=O) groups is 3. The first kappa shape index (κ1) is 23.9. The third-order valence-corrected chi connectivity index (χ3v) is 7.17. The zero-order chi connectivity index (χ0) is 20.7. The number of nitrogens with one attached hydrogen (secondary N) is 1. The Balaban J connectivity index is 0.00000300. The molecular formula is C21H37ClN4O3. The maximum Gasteiger partial charge on any atom is 0.325 e. The van der Waals surface area contributed by atoms with Crippen LogP contribution in [-0.2, 0) is 9.59 Å². The zero-order valence-electron chi connectivity index (χ0n) is 18.2. The van der Waals surface area contributed by atoms with E-state index in [2.05, 4.69) is 33.0 Å². The minimum Gasteiger partial charge on any atom is -0.337 e. The van der Waals surface area contributed by atoms with Gasteiger partial charge >= 0.3 is 6.03 Å². The van der Waals surface area contributed by atoms with Gasteiger partial charge in [0.2, 0.25) is 5.91 Å². The molecule has 0 aromatic carbocycles. The summed E-state index contributed by atoms with van der Waals surface area (Å²) in [6, 6.07) is -0.435. The van der Waals surface area contributed by atoms with Gasteiger partial charge < -0.3 is 16.0 Å². The molecule has 3 aliphatic rings. The number of piperidine rings is 1. The summed E-state index contributed by atoms with van der Waals surface area (Å²) < 4.78 is 0. The van der Waals surface area contributed by atoms with E-state index >= 15 is 0 Å². The van der Waals surface area contributed by atoms with E-state index in [9.17, 15) is 14.4 Å². The fourth-order valence-electron chi connectivity index (χ4n) is 5.16. The largest absolute Gasteiger partial charge is 0.337 e. The molecule has 3 rings (SSSR count). The summed E-state index contributed by atoms with van der Waals surface area (Å²) in [5.41, 5.74) is 5.25. The average molecular weight is 429 g/mol. The summed E-state index contributed by atoms with van der Waals surface area (Å²) >= 11 is 0. The molecule has 166 valence electrons. The highest BCUT2D eigenvalue weighted by Gasteiger charge is 2.53. The van der Waals surface area contributed by atoms with E-state index < -0.39 is 11.6 Å². The van der Waals surface area contributed by atoms with Crippen molar-refractivity contribution in [1.29, 1.82) is 0 Å². The van der Waals surface area contributed by atoms with E-state index in [0.29, 0.717) is 37.8 Å². The molecule has 2 unspecified atom stereocenters. The third-order valence-electron chi connectivity index (χ3n) is 7.17. The van der Waals surface area contributed by atoms with E-state index in [1.54, 1.807) is 4.90 Å². The lowest BCUT2D eigenvalue weighted by Gasteiger charge is -2.40. The Bertz CT molecular complexity index is 640. The maximum absolute atomic E-state index is 13.1. The number of nitrogens with two attached hydrogens (primary N) is 1. The van der Waals surface area contributed by atoms with Gasteiger partial charge in [-0.15, -0.1) is 12.4 Å². The number of halogens is 1. The number of carbonyl (C=O) groups excluding carboxylic acids is 3. The minimum atomic E-state index is -0.817. The Morgan fingerprint density at radius 2 is 1.83 bits per heavy atom. The molecule has 29 heavy (non-hydrogen) atoms. The van der Waals surface area contributed by atoms with Crippen LogP contribution in [0.5, 0.6) is 0 Å². The Hall–Kier alpha value is -1.34. The normalized spacial score (nSPS) is 32.9. The van der Waals surface area contributed by atoms with Crippen LogP contribution in [0, 0.1) is 17.3 Å². The Morgan fingerprint density at radius 1 is 1.21 bits per heavy atom. The van der Waals surface area contributed by atoms with E-state index in [1.165, 1.54) is 0 Å². The molecule has 2 saturated heterocycles. The molecule has 1 spiro atoms. The molecule has 0 aromatic rings. The Labute approximate surface area is 180 Å². The Morgan fingerprint density at radius 3 is 2.38 bits per heavy atom. The quantitative estimate of drug-likeness (QED) is 0.675. The molecule has 7 nitrogen and oxygen atoms in total. The summed E-state index contributed by atoms with van der Waals surface area (Å²) in [7, 11) is 0. The van der Waals surface area contributed by atoms with Crippen LogP contribution < -0.4 is 11.1 Å². The van der Waals surface area contributed by atoms with Crippen LogP contribution in [0.2, 0.25) is 0 Å². The number of nitrogens with zero attached hydrogens (tertiary/aromatic N) is 2. The highest BCUT2D eigenvalue weighted by molar-refractivity contribution is 6.09. The van der Waals surface area contributed by atoms with Crippen LogP contribution in [0.3, 0.4) is 0 Å². The van der Waals surface area contributed by atoms with Crippen molar-refractivity contribution in [2.75, 3.05) is 19.6 Å². The molecule has 8 heteroatoms. The molecule has 1 aliphatic carbocycles. The molecule has 0 aromatic heterocycles. The molecule has 4 amide bonds. The SMILES string of the molecule is CC1CCN(C(=O)CN2C(=O)NC3(CCC(C(C)(C)C)CC3)C2=O)C(CN)C1.Cl. The van der Waals surface area contributed by atoms with Gasteiger partial charge in [-0.25, -0.2) is 4.79 Å². The third kappa shape index (κ3) is 4.71. The van der Waals surface area contributed by atoms with Crippen molar-refractivity contribution in [3.63, 3.8) is 0 Å². The summed E-state index contributed by atoms with van der Waals surface area (Å²) in [4.78, 5) is 41.4. The first-order valence-electron chi connectivity index (χ1n) is 10.7. The van der Waals surface area contributed by atoms with Gasteiger partial charge in [0.05, 0.1) is 0 Å². The van der Waals surface area contributed by atoms with Crippen LogP contribution in [0.25, 0.3) is 0 Å². The van der Waals surface area contributed by atoms with Gasteiger partial charge in [0.15, 0.2) is 0 Å². The van der Waals surface area contributed by atoms with Gasteiger partial charge in [-0.2, -0.15) is 0 Å². The highest BCUT2D eigenvalue weighted by Crippen LogP contribution is 2.43. The van der Waals surface area contributed by atoms with Gasteiger partial charge in [-0.1, -0.05) is 27.7 Å². The minimum absolute atomic E-state index is 0. The molecule has 0 bridgehead atoms. The second-order valence-corrected chi connectivity index (χ2v) is 10.2. The average Bonchev–Trinajstić information content (AvgIpc) is 2.85. The zero-order valence-corrected chi connectivity index (χ0v) is 19.0. The topological polar surface area (TPSA) is 95.7 Å². The number of urea groups is 1. The second kappa shape index (κ2) is 8.80. The van der Waals surface area contributed by atoms with E-state index in [-0.39, 0.29) is 42.2 Å². The first-order chi connectivity index (χ1) is 13.1. The molecule has 2 heterocycles. The number of amides is 4. The van der Waals surface area contributed by atoms with Crippen molar-refractivity contribution >= 4 is 30.3 Å². The molecule has 3 fully saturated rings. The van der Waals surface area contributed by atoms with Crippen molar-refractivity contribution in [3.05, 3.63) is 0 Å². The molecule has 2 atom stereocenters. The van der Waals surface area contributed by atoms with Gasteiger partial charge in [0, 0.05) is 19.1 Å². The number of rotatable bonds is 3. The van der Waals surface area contributed by atoms with Crippen LogP contribution in [0.1, 0.15) is 66.2 Å². The van der Waals surface area contributed by atoms with Crippen molar-refractivity contribution in [2.24, 2.45) is 23.0 Å². The smallest absolute Gasteiger partial charge is 0.325 e. The lowest BCUT2D eigenvalue weighted by Crippen LogP contribution is -2.53. The van der Waals surface area contributed by atoms with Crippen LogP contribution in [-0.4, -0.2) is 58.9 Å². The lowest BCUT2D eigenvalue weighted by atomic mass is 9.67. The van der Waals surface area contributed by atoms with Gasteiger partial charge in [0.1, 0.15) is 12.1 Å². The fraction of sp³-hybridized carbons (Fsp3) is 0.857.